The van der Waals surface area contributed by atoms with Crippen LogP contribution in [0.25, 0.3) is 0 Å². The largest absolute Gasteiger partial charge is 0.480 e. The lowest BCUT2D eigenvalue weighted by atomic mass is 10.1. The first-order valence-electron chi connectivity index (χ1n) is 11.5. The summed E-state index contributed by atoms with van der Waals surface area (Å²) in [6.45, 7) is 11.3. The number of carbonyl (C=O) groups excluding carboxylic acids is 2. The molecular weight excluding hydrogens is 464 g/mol. The Labute approximate surface area is 206 Å². The third kappa shape index (κ3) is 9.88. The van der Waals surface area contributed by atoms with E-state index in [2.05, 4.69) is 0 Å². The SMILES string of the molecule is CC(C)(C)OC(=O)N1C[C@@H](CO)C[C@H]1C(=O)O.COC[C@H]1C[C@@H](C(=O)O)N(C(=O)OC(C)(C)C)C1. The van der Waals surface area contributed by atoms with Crippen molar-refractivity contribution in [3.05, 3.63) is 0 Å². The number of aliphatic hydroxyl groups is 1. The van der Waals surface area contributed by atoms with E-state index in [-0.39, 0.29) is 31.4 Å². The van der Waals surface area contributed by atoms with E-state index in [4.69, 9.17) is 29.5 Å². The Kier molecular flexibility index (Phi) is 10.8. The van der Waals surface area contributed by atoms with Crippen LogP contribution in [0.15, 0.2) is 0 Å². The summed E-state index contributed by atoms with van der Waals surface area (Å²) in [4.78, 5) is 48.3. The highest BCUT2D eigenvalue weighted by molar-refractivity contribution is 5.81. The number of ether oxygens (including phenoxy) is 3. The summed E-state index contributed by atoms with van der Waals surface area (Å²) in [6.07, 6.45) is -0.539. The number of carbonyl (C=O) groups is 4. The van der Waals surface area contributed by atoms with E-state index in [9.17, 15) is 19.2 Å². The van der Waals surface area contributed by atoms with Crippen LogP contribution in [0.2, 0.25) is 0 Å². The average Bonchev–Trinajstić information content (AvgIpc) is 3.31. The molecule has 0 aliphatic carbocycles. The third-order valence-corrected chi connectivity index (χ3v) is 5.26. The summed E-state index contributed by atoms with van der Waals surface area (Å²) in [6, 6.07) is -1.72. The first-order valence-corrected chi connectivity index (χ1v) is 11.5. The molecule has 2 aliphatic rings. The van der Waals surface area contributed by atoms with Gasteiger partial charge in [0, 0.05) is 38.6 Å². The van der Waals surface area contributed by atoms with Crippen LogP contribution in [0.1, 0.15) is 54.4 Å². The first-order chi connectivity index (χ1) is 16.0. The number of aliphatic hydroxyl groups excluding tert-OH is 1. The summed E-state index contributed by atoms with van der Waals surface area (Å²) in [7, 11) is 1.56. The molecule has 0 radical (unpaired) electrons. The second-order valence-corrected chi connectivity index (χ2v) is 10.8. The topological polar surface area (TPSA) is 163 Å². The van der Waals surface area contributed by atoms with Crippen LogP contribution in [-0.4, -0.2) is 106 Å². The molecule has 2 amide bonds. The molecule has 3 N–H and O–H groups in total. The van der Waals surface area contributed by atoms with Gasteiger partial charge in [-0.15, -0.1) is 0 Å². The summed E-state index contributed by atoms with van der Waals surface area (Å²) in [5.74, 6) is -2.21. The summed E-state index contributed by atoms with van der Waals surface area (Å²) in [5, 5.41) is 27.2. The Bertz CT molecular complexity index is 758. The van der Waals surface area contributed by atoms with Crippen LogP contribution < -0.4 is 0 Å². The van der Waals surface area contributed by atoms with Crippen molar-refractivity contribution in [1.82, 2.24) is 9.80 Å². The Morgan fingerprint density at radius 1 is 0.771 bits per heavy atom. The van der Waals surface area contributed by atoms with E-state index >= 15 is 0 Å². The normalized spacial score (nSPS) is 24.5. The number of aliphatic carboxylic acids is 2. The molecule has 202 valence electrons. The standard InChI is InChI=1S/C12H21NO5.C11H19NO5/c1-12(2,3)18-11(16)13-6-8(7-17-4)5-9(13)10(14)15;1-11(2,3)17-10(16)12-5-7(6-13)4-8(12)9(14)15/h8-9H,5-7H2,1-4H3,(H,14,15);7-8,13H,4-6H2,1-3H3,(H,14,15)/t8-,9-;7-,8-/m00/s1. The van der Waals surface area contributed by atoms with Gasteiger partial charge in [0.05, 0.1) is 6.61 Å². The lowest BCUT2D eigenvalue weighted by Crippen LogP contribution is -2.43. The molecular formula is C23H40N2O10. The highest BCUT2D eigenvalue weighted by Crippen LogP contribution is 2.26. The van der Waals surface area contributed by atoms with E-state index in [0.717, 1.165) is 0 Å². The zero-order valence-electron chi connectivity index (χ0n) is 21.6. The molecule has 2 fully saturated rings. The fourth-order valence-corrected chi connectivity index (χ4v) is 3.85. The third-order valence-electron chi connectivity index (χ3n) is 5.26. The van der Waals surface area contributed by atoms with Gasteiger partial charge in [0.2, 0.25) is 0 Å². The summed E-state index contributed by atoms with van der Waals surface area (Å²) < 4.78 is 15.4. The number of carboxylic acids is 2. The van der Waals surface area contributed by atoms with Gasteiger partial charge >= 0.3 is 24.1 Å². The molecule has 12 nitrogen and oxygen atoms in total. The molecule has 35 heavy (non-hydrogen) atoms. The van der Waals surface area contributed by atoms with Crippen molar-refractivity contribution in [2.45, 2.75) is 77.7 Å². The molecule has 0 aromatic rings. The number of hydrogen-bond donors (Lipinski definition) is 3. The highest BCUT2D eigenvalue weighted by atomic mass is 16.6. The predicted molar refractivity (Wildman–Crippen MR) is 124 cm³/mol. The van der Waals surface area contributed by atoms with Crippen LogP contribution in [0, 0.1) is 11.8 Å². The zero-order valence-corrected chi connectivity index (χ0v) is 21.6. The fourth-order valence-electron chi connectivity index (χ4n) is 3.85. The molecule has 2 aliphatic heterocycles. The number of amides is 2. The number of nitrogens with zero attached hydrogens (tertiary/aromatic N) is 2. The molecule has 0 unspecified atom stereocenters. The molecule has 2 rings (SSSR count). The molecule has 4 atom stereocenters. The summed E-state index contributed by atoms with van der Waals surface area (Å²) >= 11 is 0. The van der Waals surface area contributed by atoms with Gasteiger partial charge in [-0.1, -0.05) is 0 Å². The molecule has 0 aromatic heterocycles. The quantitative estimate of drug-likeness (QED) is 0.505. The first kappa shape index (κ1) is 30.4. The number of rotatable bonds is 5. The van der Waals surface area contributed by atoms with Crippen LogP contribution in [0.3, 0.4) is 0 Å². The second kappa shape index (κ2) is 12.4. The van der Waals surface area contributed by atoms with Gasteiger partial charge in [-0.05, 0) is 54.4 Å². The number of carboxylic acid groups (broad SMARTS) is 2. The smallest absolute Gasteiger partial charge is 0.411 e. The number of hydrogen-bond acceptors (Lipinski definition) is 8. The average molecular weight is 505 g/mol. The molecule has 2 heterocycles. The second-order valence-electron chi connectivity index (χ2n) is 10.8. The van der Waals surface area contributed by atoms with E-state index in [0.29, 0.717) is 19.6 Å². The van der Waals surface area contributed by atoms with Gasteiger partial charge < -0.3 is 29.5 Å². The fraction of sp³-hybridized carbons (Fsp3) is 0.826. The van der Waals surface area contributed by atoms with E-state index in [1.165, 1.54) is 9.80 Å². The van der Waals surface area contributed by atoms with Gasteiger partial charge in [0.25, 0.3) is 0 Å². The van der Waals surface area contributed by atoms with Crippen molar-refractivity contribution in [2.24, 2.45) is 11.8 Å². The lowest BCUT2D eigenvalue weighted by molar-refractivity contribution is -0.142. The van der Waals surface area contributed by atoms with Crippen molar-refractivity contribution >= 4 is 24.1 Å². The Morgan fingerprint density at radius 3 is 1.46 bits per heavy atom. The molecule has 0 aromatic carbocycles. The summed E-state index contributed by atoms with van der Waals surface area (Å²) in [5.41, 5.74) is -1.28. The monoisotopic (exact) mass is 504 g/mol. The van der Waals surface area contributed by atoms with Crippen LogP contribution in [0.5, 0.6) is 0 Å². The maximum absolute atomic E-state index is 11.9. The lowest BCUT2D eigenvalue weighted by Gasteiger charge is -2.26. The minimum Gasteiger partial charge on any atom is -0.480 e. The van der Waals surface area contributed by atoms with Gasteiger partial charge in [-0.25, -0.2) is 19.2 Å². The maximum atomic E-state index is 11.9. The van der Waals surface area contributed by atoms with Gasteiger partial charge in [0.1, 0.15) is 23.3 Å². The maximum Gasteiger partial charge on any atom is 0.411 e. The number of likely N-dealkylation sites (tertiary alicyclic amines) is 2. The molecule has 0 bridgehead atoms. The van der Waals surface area contributed by atoms with Gasteiger partial charge in [-0.3, -0.25) is 9.80 Å². The van der Waals surface area contributed by atoms with Crippen LogP contribution >= 0.6 is 0 Å². The molecule has 0 spiro atoms. The minimum atomic E-state index is -1.06. The zero-order chi connectivity index (χ0) is 27.1. The van der Waals surface area contributed by atoms with E-state index in [1.54, 1.807) is 48.7 Å². The molecule has 0 saturated carbocycles. The van der Waals surface area contributed by atoms with Crippen LogP contribution in [-0.2, 0) is 23.8 Å². The van der Waals surface area contributed by atoms with Crippen molar-refractivity contribution in [3.63, 3.8) is 0 Å². The van der Waals surface area contributed by atoms with Crippen molar-refractivity contribution in [2.75, 3.05) is 33.4 Å². The Hall–Kier alpha value is -2.60. The van der Waals surface area contributed by atoms with Crippen molar-refractivity contribution in [1.29, 1.82) is 0 Å². The van der Waals surface area contributed by atoms with E-state index in [1.807, 2.05) is 0 Å². The van der Waals surface area contributed by atoms with Gasteiger partial charge in [-0.2, -0.15) is 0 Å². The predicted octanol–water partition coefficient (Wildman–Crippen LogP) is 2.03. The Morgan fingerprint density at radius 2 is 1.14 bits per heavy atom. The van der Waals surface area contributed by atoms with Crippen LogP contribution in [0.4, 0.5) is 9.59 Å². The van der Waals surface area contributed by atoms with Crippen molar-refractivity contribution in [3.8, 4) is 0 Å². The Balaban J connectivity index is 0.000000351. The van der Waals surface area contributed by atoms with Gasteiger partial charge in [0.15, 0.2) is 0 Å². The molecule has 2 saturated heterocycles. The van der Waals surface area contributed by atoms with Crippen molar-refractivity contribution < 1.29 is 48.7 Å². The van der Waals surface area contributed by atoms with E-state index < -0.39 is 47.4 Å². The number of methoxy groups -OCH3 is 1. The highest BCUT2D eigenvalue weighted by Gasteiger charge is 2.42. The molecule has 12 heteroatoms. The minimum absolute atomic E-state index is 0.0450.